The fourth-order valence-corrected chi connectivity index (χ4v) is 2.12. The first-order valence-electron chi connectivity index (χ1n) is 7.44. The van der Waals surface area contributed by atoms with Gasteiger partial charge in [-0.1, -0.05) is 12.1 Å². The van der Waals surface area contributed by atoms with E-state index in [0.29, 0.717) is 6.04 Å². The van der Waals surface area contributed by atoms with Gasteiger partial charge >= 0.3 is 0 Å². The van der Waals surface area contributed by atoms with Crippen molar-refractivity contribution in [3.8, 4) is 11.8 Å². The highest BCUT2D eigenvalue weighted by Gasteiger charge is 2.05. The Kier molecular flexibility index (Phi) is 5.56. The molecule has 116 valence electrons. The summed E-state index contributed by atoms with van der Waals surface area (Å²) >= 11 is 0. The van der Waals surface area contributed by atoms with Crippen LogP contribution in [0.5, 0.6) is 5.75 Å². The fourth-order valence-electron chi connectivity index (χ4n) is 2.12. The SMILES string of the molecule is Cc1cnn(C[C@@H](C)NCc2ccc(O[C@@H](C)C#N)cc2)c1. The number of aromatic nitrogens is 2. The van der Waals surface area contributed by atoms with Crippen LogP contribution in [0.15, 0.2) is 36.7 Å². The number of hydrogen-bond acceptors (Lipinski definition) is 4. The Morgan fingerprint density at radius 3 is 2.64 bits per heavy atom. The number of nitrogens with one attached hydrogen (secondary N) is 1. The molecule has 0 radical (unpaired) electrons. The van der Waals surface area contributed by atoms with Gasteiger partial charge in [0, 0.05) is 18.8 Å². The smallest absolute Gasteiger partial charge is 0.181 e. The van der Waals surface area contributed by atoms with Gasteiger partial charge < -0.3 is 10.1 Å². The van der Waals surface area contributed by atoms with Gasteiger partial charge in [-0.2, -0.15) is 10.4 Å². The van der Waals surface area contributed by atoms with E-state index in [9.17, 15) is 0 Å². The second-order valence-electron chi connectivity index (χ2n) is 5.55. The average molecular weight is 298 g/mol. The maximum Gasteiger partial charge on any atom is 0.181 e. The lowest BCUT2D eigenvalue weighted by Gasteiger charge is -2.14. The Morgan fingerprint density at radius 1 is 1.32 bits per heavy atom. The van der Waals surface area contributed by atoms with Crippen molar-refractivity contribution in [2.75, 3.05) is 0 Å². The minimum Gasteiger partial charge on any atom is -0.476 e. The topological polar surface area (TPSA) is 62.9 Å². The molecule has 0 aliphatic carbocycles. The van der Waals surface area contributed by atoms with Gasteiger partial charge in [0.2, 0.25) is 0 Å². The Balaban J connectivity index is 1.80. The Hall–Kier alpha value is -2.32. The third-order valence-corrected chi connectivity index (χ3v) is 3.30. The summed E-state index contributed by atoms with van der Waals surface area (Å²) < 4.78 is 7.38. The van der Waals surface area contributed by atoms with Crippen LogP contribution in [0.25, 0.3) is 0 Å². The molecule has 5 nitrogen and oxygen atoms in total. The summed E-state index contributed by atoms with van der Waals surface area (Å²) in [6.45, 7) is 7.54. The van der Waals surface area contributed by atoms with Crippen LogP contribution in [0.1, 0.15) is 25.0 Å². The molecule has 1 aromatic carbocycles. The summed E-state index contributed by atoms with van der Waals surface area (Å²) in [7, 11) is 0. The minimum atomic E-state index is -0.429. The first kappa shape index (κ1) is 16.1. The molecule has 1 N–H and O–H groups in total. The molecule has 0 saturated carbocycles. The summed E-state index contributed by atoms with van der Waals surface area (Å²) in [5.74, 6) is 0.720. The molecule has 2 aromatic rings. The zero-order chi connectivity index (χ0) is 15.9. The molecular formula is C17H22N4O. The Morgan fingerprint density at radius 2 is 2.05 bits per heavy atom. The van der Waals surface area contributed by atoms with Crippen LogP contribution in [0, 0.1) is 18.3 Å². The van der Waals surface area contributed by atoms with Crippen molar-refractivity contribution in [1.82, 2.24) is 15.1 Å². The molecule has 2 atom stereocenters. The van der Waals surface area contributed by atoms with Crippen LogP contribution in [-0.4, -0.2) is 21.9 Å². The summed E-state index contributed by atoms with van der Waals surface area (Å²) in [5, 5.41) is 16.5. The predicted octanol–water partition coefficient (Wildman–Crippen LogP) is 2.66. The van der Waals surface area contributed by atoms with Crippen molar-refractivity contribution in [1.29, 1.82) is 5.26 Å². The van der Waals surface area contributed by atoms with Crippen molar-refractivity contribution in [3.63, 3.8) is 0 Å². The lowest BCUT2D eigenvalue weighted by molar-refractivity contribution is 0.276. The second-order valence-corrected chi connectivity index (χ2v) is 5.55. The quantitative estimate of drug-likeness (QED) is 0.853. The zero-order valence-electron chi connectivity index (χ0n) is 13.3. The lowest BCUT2D eigenvalue weighted by Crippen LogP contribution is -2.30. The lowest BCUT2D eigenvalue weighted by atomic mass is 10.2. The van der Waals surface area contributed by atoms with Gasteiger partial charge in [-0.3, -0.25) is 4.68 Å². The van der Waals surface area contributed by atoms with Crippen molar-refractivity contribution >= 4 is 0 Å². The molecule has 22 heavy (non-hydrogen) atoms. The van der Waals surface area contributed by atoms with E-state index >= 15 is 0 Å². The number of ether oxygens (including phenoxy) is 1. The zero-order valence-corrected chi connectivity index (χ0v) is 13.3. The molecule has 5 heteroatoms. The van der Waals surface area contributed by atoms with E-state index in [1.54, 1.807) is 6.92 Å². The number of nitrogens with zero attached hydrogens (tertiary/aromatic N) is 3. The highest BCUT2D eigenvalue weighted by Crippen LogP contribution is 2.13. The molecule has 0 aliphatic heterocycles. The monoisotopic (exact) mass is 298 g/mol. The van der Waals surface area contributed by atoms with E-state index < -0.39 is 6.10 Å². The standard InChI is InChI=1S/C17H22N4O/c1-13-9-20-21(11-13)12-14(2)19-10-16-4-6-17(7-5-16)22-15(3)8-18/h4-7,9,11,14-15,19H,10,12H2,1-3H3/t14-,15+/m1/s1. The maximum absolute atomic E-state index is 8.73. The van der Waals surface area contributed by atoms with Crippen LogP contribution in [0.3, 0.4) is 0 Å². The number of benzene rings is 1. The van der Waals surface area contributed by atoms with Crippen LogP contribution >= 0.6 is 0 Å². The average Bonchev–Trinajstić information content (AvgIpc) is 2.91. The van der Waals surface area contributed by atoms with E-state index in [1.165, 1.54) is 11.1 Å². The van der Waals surface area contributed by atoms with E-state index in [2.05, 4.69) is 23.4 Å². The first-order valence-corrected chi connectivity index (χ1v) is 7.44. The molecule has 0 spiro atoms. The number of nitriles is 1. The van der Waals surface area contributed by atoms with Gasteiger partial charge in [-0.05, 0) is 44.0 Å². The van der Waals surface area contributed by atoms with Crippen LogP contribution in [-0.2, 0) is 13.1 Å². The first-order chi connectivity index (χ1) is 10.6. The predicted molar refractivity (Wildman–Crippen MR) is 85.4 cm³/mol. The van der Waals surface area contributed by atoms with E-state index in [4.69, 9.17) is 10.00 Å². The van der Waals surface area contributed by atoms with Crippen LogP contribution in [0.4, 0.5) is 0 Å². The molecule has 0 saturated heterocycles. The van der Waals surface area contributed by atoms with Gasteiger partial charge in [0.15, 0.2) is 6.10 Å². The molecule has 0 bridgehead atoms. The maximum atomic E-state index is 8.73. The fraction of sp³-hybridized carbons (Fsp3) is 0.412. The molecule has 2 rings (SSSR count). The Labute approximate surface area is 131 Å². The molecule has 0 unspecified atom stereocenters. The van der Waals surface area contributed by atoms with E-state index in [0.717, 1.165) is 18.8 Å². The number of hydrogen-bond donors (Lipinski definition) is 1. The van der Waals surface area contributed by atoms with Gasteiger partial charge in [0.05, 0.1) is 12.7 Å². The van der Waals surface area contributed by atoms with E-state index in [1.807, 2.05) is 48.3 Å². The van der Waals surface area contributed by atoms with Crippen LogP contribution in [0.2, 0.25) is 0 Å². The van der Waals surface area contributed by atoms with Gasteiger partial charge in [-0.25, -0.2) is 0 Å². The Bertz CT molecular complexity index is 627. The molecule has 0 aliphatic rings. The molecule has 1 aromatic heterocycles. The number of rotatable bonds is 7. The van der Waals surface area contributed by atoms with Crippen LogP contribution < -0.4 is 10.1 Å². The minimum absolute atomic E-state index is 0.328. The molecule has 0 amide bonds. The summed E-state index contributed by atoms with van der Waals surface area (Å²) in [6.07, 6.45) is 3.48. The molecular weight excluding hydrogens is 276 g/mol. The molecule has 1 heterocycles. The van der Waals surface area contributed by atoms with Crippen molar-refractivity contribution in [2.24, 2.45) is 0 Å². The molecule has 0 fully saturated rings. The summed E-state index contributed by atoms with van der Waals surface area (Å²) in [5.41, 5.74) is 2.36. The number of aryl methyl sites for hydroxylation is 1. The van der Waals surface area contributed by atoms with Gasteiger partial charge in [-0.15, -0.1) is 0 Å². The summed E-state index contributed by atoms with van der Waals surface area (Å²) in [4.78, 5) is 0. The largest absolute Gasteiger partial charge is 0.476 e. The van der Waals surface area contributed by atoms with Crippen molar-refractivity contribution in [2.45, 2.75) is 46.0 Å². The second kappa shape index (κ2) is 7.62. The highest BCUT2D eigenvalue weighted by molar-refractivity contribution is 5.27. The van der Waals surface area contributed by atoms with Crippen molar-refractivity contribution in [3.05, 3.63) is 47.8 Å². The third-order valence-electron chi connectivity index (χ3n) is 3.30. The van der Waals surface area contributed by atoms with Crippen molar-refractivity contribution < 1.29 is 4.74 Å². The van der Waals surface area contributed by atoms with Gasteiger partial charge in [0.1, 0.15) is 11.8 Å². The van der Waals surface area contributed by atoms with Gasteiger partial charge in [0.25, 0.3) is 0 Å². The summed E-state index contributed by atoms with van der Waals surface area (Å²) in [6, 6.07) is 10.2. The third kappa shape index (κ3) is 4.90. The van der Waals surface area contributed by atoms with E-state index in [-0.39, 0.29) is 0 Å². The highest BCUT2D eigenvalue weighted by atomic mass is 16.5. The normalized spacial score (nSPS) is 13.4.